The minimum absolute atomic E-state index is 0.0409. The minimum Gasteiger partial charge on any atom is -0.506 e. The molecular weight excluding hydrogens is 150 g/mol. The molecule has 0 amide bonds. The van der Waals surface area contributed by atoms with Crippen molar-refractivity contribution in [1.82, 2.24) is 0 Å². The summed E-state index contributed by atoms with van der Waals surface area (Å²) in [6.07, 6.45) is 0. The molecule has 0 unspecified atom stereocenters. The number of aromatic hydroxyl groups is 1. The topological polar surface area (TPSA) is 46.2 Å². The van der Waals surface area contributed by atoms with Crippen LogP contribution in [0, 0.1) is 6.92 Å². The average molecular weight is 158 g/mol. The van der Waals surface area contributed by atoms with Crippen molar-refractivity contribution in [3.63, 3.8) is 0 Å². The third-order valence-corrected chi connectivity index (χ3v) is 1.75. The van der Waals surface area contributed by atoms with Crippen LogP contribution in [0.25, 0.3) is 0 Å². The Balaban J connectivity index is 3.31. The van der Waals surface area contributed by atoms with Gasteiger partial charge in [0, 0.05) is 11.8 Å². The molecule has 1 aromatic carbocycles. The van der Waals surface area contributed by atoms with Crippen LogP contribution in [0.2, 0.25) is 5.02 Å². The summed E-state index contributed by atoms with van der Waals surface area (Å²) in [6, 6.07) is 3.14. The summed E-state index contributed by atoms with van der Waals surface area (Å²) in [7, 11) is 0. The molecule has 0 saturated carbocycles. The van der Waals surface area contributed by atoms with Crippen molar-refractivity contribution >= 4 is 17.3 Å². The van der Waals surface area contributed by atoms with Gasteiger partial charge in [-0.05, 0) is 18.6 Å². The quantitative estimate of drug-likeness (QED) is 0.566. The standard InChI is InChI=1S/C7H8ClNO/c1-4-2-5(9)3-6(10)7(4)8/h2-3,10H,9H2,1H3. The summed E-state index contributed by atoms with van der Waals surface area (Å²) in [5.41, 5.74) is 6.73. The molecule has 1 aromatic rings. The zero-order chi connectivity index (χ0) is 7.72. The normalized spacial score (nSPS) is 9.80. The molecule has 0 spiro atoms. The minimum atomic E-state index is 0.0409. The fourth-order valence-electron chi connectivity index (χ4n) is 0.778. The molecule has 0 atom stereocenters. The van der Waals surface area contributed by atoms with E-state index in [-0.39, 0.29) is 5.75 Å². The average Bonchev–Trinajstić information content (AvgIpc) is 1.82. The van der Waals surface area contributed by atoms with Gasteiger partial charge in [-0.25, -0.2) is 0 Å². The summed E-state index contributed by atoms with van der Waals surface area (Å²) < 4.78 is 0. The number of nitrogens with two attached hydrogens (primary N) is 1. The first-order chi connectivity index (χ1) is 4.61. The number of hydrogen-bond acceptors (Lipinski definition) is 2. The number of halogens is 1. The monoisotopic (exact) mass is 157 g/mol. The smallest absolute Gasteiger partial charge is 0.136 e. The highest BCUT2D eigenvalue weighted by Crippen LogP contribution is 2.28. The number of aryl methyl sites for hydroxylation is 1. The first kappa shape index (κ1) is 7.22. The van der Waals surface area contributed by atoms with Crippen LogP contribution in [-0.2, 0) is 0 Å². The van der Waals surface area contributed by atoms with Crippen LogP contribution in [0.1, 0.15) is 5.56 Å². The predicted octanol–water partition coefficient (Wildman–Crippen LogP) is 1.94. The number of phenolic OH excluding ortho intramolecular Hbond substituents is 1. The molecule has 10 heavy (non-hydrogen) atoms. The van der Waals surface area contributed by atoms with E-state index in [4.69, 9.17) is 22.4 Å². The Morgan fingerprint density at radius 1 is 1.50 bits per heavy atom. The number of nitrogen functional groups attached to an aromatic ring is 1. The van der Waals surface area contributed by atoms with E-state index in [9.17, 15) is 0 Å². The van der Waals surface area contributed by atoms with E-state index in [1.165, 1.54) is 6.07 Å². The molecule has 0 heterocycles. The van der Waals surface area contributed by atoms with Gasteiger partial charge in [0.2, 0.25) is 0 Å². The zero-order valence-electron chi connectivity index (χ0n) is 5.56. The van der Waals surface area contributed by atoms with Crippen LogP contribution < -0.4 is 5.73 Å². The zero-order valence-corrected chi connectivity index (χ0v) is 6.31. The highest BCUT2D eigenvalue weighted by atomic mass is 35.5. The lowest BCUT2D eigenvalue weighted by Gasteiger charge is -2.01. The van der Waals surface area contributed by atoms with Gasteiger partial charge in [-0.15, -0.1) is 0 Å². The summed E-state index contributed by atoms with van der Waals surface area (Å²) in [4.78, 5) is 0. The second-order valence-corrected chi connectivity index (χ2v) is 2.55. The Hall–Kier alpha value is -0.890. The molecule has 0 bridgehead atoms. The molecule has 0 aliphatic heterocycles. The van der Waals surface area contributed by atoms with Gasteiger partial charge in [0.1, 0.15) is 5.75 Å². The largest absolute Gasteiger partial charge is 0.506 e. The maximum Gasteiger partial charge on any atom is 0.136 e. The summed E-state index contributed by atoms with van der Waals surface area (Å²) in [6.45, 7) is 1.79. The molecule has 0 aliphatic carbocycles. The van der Waals surface area contributed by atoms with E-state index in [0.29, 0.717) is 10.7 Å². The van der Waals surface area contributed by atoms with Gasteiger partial charge >= 0.3 is 0 Å². The van der Waals surface area contributed by atoms with Crippen molar-refractivity contribution in [2.45, 2.75) is 6.92 Å². The Kier molecular flexibility index (Phi) is 1.72. The molecular formula is C7H8ClNO. The lowest BCUT2D eigenvalue weighted by atomic mass is 10.2. The van der Waals surface area contributed by atoms with Crippen molar-refractivity contribution in [3.8, 4) is 5.75 Å². The first-order valence-electron chi connectivity index (χ1n) is 2.86. The van der Waals surface area contributed by atoms with Crippen LogP contribution >= 0.6 is 11.6 Å². The number of rotatable bonds is 0. The van der Waals surface area contributed by atoms with Gasteiger partial charge in [0.05, 0.1) is 5.02 Å². The molecule has 0 saturated heterocycles. The van der Waals surface area contributed by atoms with Crippen LogP contribution in [0.5, 0.6) is 5.75 Å². The van der Waals surface area contributed by atoms with Crippen molar-refractivity contribution in [3.05, 3.63) is 22.7 Å². The van der Waals surface area contributed by atoms with Crippen molar-refractivity contribution in [2.75, 3.05) is 5.73 Å². The molecule has 0 aliphatic rings. The van der Waals surface area contributed by atoms with E-state index >= 15 is 0 Å². The molecule has 3 heteroatoms. The Labute approximate surface area is 64.2 Å². The Morgan fingerprint density at radius 3 is 2.60 bits per heavy atom. The van der Waals surface area contributed by atoms with Gasteiger partial charge in [-0.2, -0.15) is 0 Å². The highest BCUT2D eigenvalue weighted by molar-refractivity contribution is 6.32. The Morgan fingerprint density at radius 2 is 2.10 bits per heavy atom. The SMILES string of the molecule is Cc1cc(N)cc(O)c1Cl. The molecule has 0 fully saturated rings. The number of phenols is 1. The van der Waals surface area contributed by atoms with Crippen LogP contribution in [-0.4, -0.2) is 5.11 Å². The van der Waals surface area contributed by atoms with Gasteiger partial charge in [-0.3, -0.25) is 0 Å². The second-order valence-electron chi connectivity index (χ2n) is 2.17. The summed E-state index contributed by atoms with van der Waals surface area (Å²) >= 11 is 5.64. The first-order valence-corrected chi connectivity index (χ1v) is 3.23. The number of anilines is 1. The van der Waals surface area contributed by atoms with E-state index in [1.807, 2.05) is 0 Å². The second kappa shape index (κ2) is 2.39. The summed E-state index contributed by atoms with van der Waals surface area (Å²) in [5, 5.41) is 9.44. The Bertz CT molecular complexity index is 237. The van der Waals surface area contributed by atoms with Crippen LogP contribution in [0.4, 0.5) is 5.69 Å². The number of benzene rings is 1. The molecule has 0 radical (unpaired) electrons. The fraction of sp³-hybridized carbons (Fsp3) is 0.143. The van der Waals surface area contributed by atoms with E-state index in [0.717, 1.165) is 5.56 Å². The van der Waals surface area contributed by atoms with Crippen molar-refractivity contribution in [1.29, 1.82) is 0 Å². The third-order valence-electron chi connectivity index (χ3n) is 1.26. The van der Waals surface area contributed by atoms with Gasteiger partial charge < -0.3 is 10.8 Å². The lowest BCUT2D eigenvalue weighted by Crippen LogP contribution is -1.85. The van der Waals surface area contributed by atoms with Gasteiger partial charge in [0.25, 0.3) is 0 Å². The van der Waals surface area contributed by atoms with Crippen LogP contribution in [0.15, 0.2) is 12.1 Å². The summed E-state index contributed by atoms with van der Waals surface area (Å²) in [5.74, 6) is 0.0409. The van der Waals surface area contributed by atoms with E-state index in [2.05, 4.69) is 0 Å². The highest BCUT2D eigenvalue weighted by Gasteiger charge is 2.01. The molecule has 0 aromatic heterocycles. The fourth-order valence-corrected chi connectivity index (χ4v) is 0.887. The van der Waals surface area contributed by atoms with Gasteiger partial charge in [-0.1, -0.05) is 11.6 Å². The molecule has 3 N–H and O–H groups in total. The maximum absolute atomic E-state index is 9.07. The predicted molar refractivity (Wildman–Crippen MR) is 42.3 cm³/mol. The lowest BCUT2D eigenvalue weighted by molar-refractivity contribution is 0.475. The maximum atomic E-state index is 9.07. The third kappa shape index (κ3) is 1.16. The molecule has 1 rings (SSSR count). The van der Waals surface area contributed by atoms with Gasteiger partial charge in [0.15, 0.2) is 0 Å². The van der Waals surface area contributed by atoms with Crippen molar-refractivity contribution < 1.29 is 5.11 Å². The van der Waals surface area contributed by atoms with Crippen LogP contribution in [0.3, 0.4) is 0 Å². The van der Waals surface area contributed by atoms with Crippen molar-refractivity contribution in [2.24, 2.45) is 0 Å². The molecule has 2 nitrogen and oxygen atoms in total. The molecule has 54 valence electrons. The van der Waals surface area contributed by atoms with E-state index in [1.54, 1.807) is 13.0 Å². The van der Waals surface area contributed by atoms with E-state index < -0.39 is 0 Å². The number of hydrogen-bond donors (Lipinski definition) is 2.